The molecule has 0 spiro atoms. The Morgan fingerprint density at radius 2 is 2.15 bits per heavy atom. The molecule has 2 aromatic heterocycles. The Morgan fingerprint density at radius 1 is 1.31 bits per heavy atom. The monoisotopic (exact) mass is 357 g/mol. The van der Waals surface area contributed by atoms with Crippen molar-refractivity contribution < 1.29 is 13.6 Å². The van der Waals surface area contributed by atoms with Crippen LogP contribution in [-0.4, -0.2) is 34.1 Å². The number of rotatable bonds is 3. The van der Waals surface area contributed by atoms with Crippen LogP contribution in [0.1, 0.15) is 34.8 Å². The number of aromatic nitrogens is 3. The number of fused-ring (bicyclic) bond motifs is 1. The van der Waals surface area contributed by atoms with Crippen LogP contribution < -0.4 is 10.2 Å². The number of carbonyl (C=O) groups is 1. The van der Waals surface area contributed by atoms with E-state index >= 15 is 0 Å². The highest BCUT2D eigenvalue weighted by atomic mass is 19.1. The third-order valence-corrected chi connectivity index (χ3v) is 4.69. The summed E-state index contributed by atoms with van der Waals surface area (Å²) in [7, 11) is 1.54. The molecule has 1 aliphatic heterocycles. The first-order chi connectivity index (χ1) is 12.6. The fourth-order valence-electron chi connectivity index (χ4n) is 3.45. The standard InChI is InChI=1S/C18H17F2N5O/c1-21-18(26)13-10-22-25-8-6-16(23-17(13)25)24-7-2-3-15(24)12-9-11(19)4-5-14(12)20/h4-6,8-10,15H,2-3,7H2,1H3,(H,21,26)/t15-/m1/s1. The molecule has 1 aliphatic rings. The lowest BCUT2D eigenvalue weighted by Crippen LogP contribution is -2.25. The van der Waals surface area contributed by atoms with Gasteiger partial charge in [0.25, 0.3) is 5.91 Å². The van der Waals surface area contributed by atoms with Gasteiger partial charge in [-0.1, -0.05) is 0 Å². The van der Waals surface area contributed by atoms with Crippen LogP contribution in [0, 0.1) is 11.6 Å². The van der Waals surface area contributed by atoms with Crippen molar-refractivity contribution in [2.24, 2.45) is 0 Å². The lowest BCUT2D eigenvalue weighted by atomic mass is 10.0. The van der Waals surface area contributed by atoms with E-state index in [4.69, 9.17) is 0 Å². The zero-order valence-corrected chi connectivity index (χ0v) is 14.1. The highest BCUT2D eigenvalue weighted by Crippen LogP contribution is 2.36. The molecule has 134 valence electrons. The van der Waals surface area contributed by atoms with Crippen LogP contribution in [0.2, 0.25) is 0 Å². The smallest absolute Gasteiger partial charge is 0.256 e. The number of halogens is 2. The summed E-state index contributed by atoms with van der Waals surface area (Å²) in [5.74, 6) is -0.567. The summed E-state index contributed by atoms with van der Waals surface area (Å²) in [5.41, 5.74) is 1.11. The summed E-state index contributed by atoms with van der Waals surface area (Å²) in [5, 5.41) is 6.68. The molecule has 3 heterocycles. The lowest BCUT2D eigenvalue weighted by molar-refractivity contribution is 0.0964. The average Bonchev–Trinajstić information content (AvgIpc) is 3.29. The van der Waals surface area contributed by atoms with E-state index in [1.165, 1.54) is 16.8 Å². The van der Waals surface area contributed by atoms with E-state index < -0.39 is 11.6 Å². The van der Waals surface area contributed by atoms with Gasteiger partial charge < -0.3 is 10.2 Å². The van der Waals surface area contributed by atoms with Gasteiger partial charge in [-0.3, -0.25) is 4.79 Å². The molecule has 1 amide bonds. The number of nitrogens with zero attached hydrogens (tertiary/aromatic N) is 4. The van der Waals surface area contributed by atoms with Gasteiger partial charge in [-0.05, 0) is 37.1 Å². The molecule has 0 radical (unpaired) electrons. The molecular formula is C18H17F2N5O. The van der Waals surface area contributed by atoms with Crippen LogP contribution in [-0.2, 0) is 0 Å². The van der Waals surface area contributed by atoms with Crippen LogP contribution in [0.15, 0.2) is 36.7 Å². The van der Waals surface area contributed by atoms with Gasteiger partial charge in [-0.15, -0.1) is 0 Å². The van der Waals surface area contributed by atoms with E-state index in [-0.39, 0.29) is 11.9 Å². The van der Waals surface area contributed by atoms with Crippen LogP contribution in [0.5, 0.6) is 0 Å². The van der Waals surface area contributed by atoms with Crippen LogP contribution in [0.25, 0.3) is 5.65 Å². The second kappa shape index (κ2) is 6.36. The highest BCUT2D eigenvalue weighted by molar-refractivity contribution is 5.99. The van der Waals surface area contributed by atoms with Crippen molar-refractivity contribution in [3.8, 4) is 0 Å². The van der Waals surface area contributed by atoms with Crippen molar-refractivity contribution in [1.29, 1.82) is 0 Å². The Hall–Kier alpha value is -3.03. The molecule has 0 aliphatic carbocycles. The molecule has 6 nitrogen and oxygen atoms in total. The van der Waals surface area contributed by atoms with Gasteiger partial charge in [0, 0.05) is 25.4 Å². The second-order valence-corrected chi connectivity index (χ2v) is 6.21. The number of hydrogen-bond acceptors (Lipinski definition) is 4. The first-order valence-electron chi connectivity index (χ1n) is 8.36. The van der Waals surface area contributed by atoms with Crippen molar-refractivity contribution in [2.45, 2.75) is 18.9 Å². The number of hydrogen-bond donors (Lipinski definition) is 1. The van der Waals surface area contributed by atoms with Crippen molar-refractivity contribution in [1.82, 2.24) is 19.9 Å². The molecule has 1 N–H and O–H groups in total. The van der Waals surface area contributed by atoms with Gasteiger partial charge in [0.15, 0.2) is 5.65 Å². The van der Waals surface area contributed by atoms with Gasteiger partial charge >= 0.3 is 0 Å². The molecule has 0 bridgehead atoms. The van der Waals surface area contributed by atoms with Crippen molar-refractivity contribution >= 4 is 17.4 Å². The summed E-state index contributed by atoms with van der Waals surface area (Å²) in [6.45, 7) is 0.674. The minimum absolute atomic E-state index is 0.279. The minimum atomic E-state index is -0.464. The number of anilines is 1. The number of benzene rings is 1. The third kappa shape index (κ3) is 2.67. The van der Waals surface area contributed by atoms with Crippen molar-refractivity contribution in [3.05, 3.63) is 59.4 Å². The third-order valence-electron chi connectivity index (χ3n) is 4.69. The molecule has 8 heteroatoms. The molecule has 1 saturated heterocycles. The fourth-order valence-corrected chi connectivity index (χ4v) is 3.45. The van der Waals surface area contributed by atoms with Crippen molar-refractivity contribution in [2.75, 3.05) is 18.5 Å². The lowest BCUT2D eigenvalue weighted by Gasteiger charge is -2.26. The van der Waals surface area contributed by atoms with E-state index in [2.05, 4.69) is 15.4 Å². The normalized spacial score (nSPS) is 17.0. The number of amides is 1. The number of nitrogens with one attached hydrogen (secondary N) is 1. The molecule has 0 saturated carbocycles. The topological polar surface area (TPSA) is 62.5 Å². The molecule has 1 aromatic carbocycles. The minimum Gasteiger partial charge on any atom is -0.355 e. The van der Waals surface area contributed by atoms with E-state index in [0.29, 0.717) is 35.6 Å². The maximum atomic E-state index is 14.2. The van der Waals surface area contributed by atoms with Crippen molar-refractivity contribution in [3.63, 3.8) is 0 Å². The Bertz CT molecular complexity index is 987. The summed E-state index contributed by atoms with van der Waals surface area (Å²) >= 11 is 0. The van der Waals surface area contributed by atoms with Gasteiger partial charge in [0.1, 0.15) is 23.0 Å². The van der Waals surface area contributed by atoms with Crippen LogP contribution >= 0.6 is 0 Å². The molecular weight excluding hydrogens is 340 g/mol. The average molecular weight is 357 g/mol. The van der Waals surface area contributed by atoms with Gasteiger partial charge in [0.2, 0.25) is 0 Å². The van der Waals surface area contributed by atoms with E-state index in [9.17, 15) is 13.6 Å². The summed E-state index contributed by atoms with van der Waals surface area (Å²) in [6, 6.07) is 4.98. The van der Waals surface area contributed by atoms with E-state index in [0.717, 1.165) is 18.6 Å². The van der Waals surface area contributed by atoms with Crippen LogP contribution in [0.3, 0.4) is 0 Å². The Labute approximate surface area is 148 Å². The zero-order chi connectivity index (χ0) is 18.3. The number of carbonyl (C=O) groups excluding carboxylic acids is 1. The first-order valence-corrected chi connectivity index (χ1v) is 8.36. The Kier molecular flexibility index (Phi) is 4.02. The maximum absolute atomic E-state index is 14.2. The zero-order valence-electron chi connectivity index (χ0n) is 14.1. The molecule has 3 aromatic rings. The second-order valence-electron chi connectivity index (χ2n) is 6.21. The molecule has 1 atom stereocenters. The quantitative estimate of drug-likeness (QED) is 0.783. The predicted molar refractivity (Wildman–Crippen MR) is 92.1 cm³/mol. The molecule has 1 fully saturated rings. The van der Waals surface area contributed by atoms with Gasteiger partial charge in [-0.2, -0.15) is 5.10 Å². The SMILES string of the molecule is CNC(=O)c1cnn2ccc(N3CCC[C@@H]3c3cc(F)ccc3F)nc12. The van der Waals surface area contributed by atoms with E-state index in [1.54, 1.807) is 19.3 Å². The highest BCUT2D eigenvalue weighted by Gasteiger charge is 2.30. The summed E-state index contributed by atoms with van der Waals surface area (Å²) < 4.78 is 29.4. The van der Waals surface area contributed by atoms with Gasteiger partial charge in [0.05, 0.1) is 12.2 Å². The Morgan fingerprint density at radius 3 is 2.96 bits per heavy atom. The fraction of sp³-hybridized carbons (Fsp3) is 0.278. The largest absolute Gasteiger partial charge is 0.355 e. The first kappa shape index (κ1) is 16.4. The molecule has 26 heavy (non-hydrogen) atoms. The van der Waals surface area contributed by atoms with Crippen LogP contribution in [0.4, 0.5) is 14.6 Å². The summed E-state index contributed by atoms with van der Waals surface area (Å²) in [6.07, 6.45) is 4.71. The summed E-state index contributed by atoms with van der Waals surface area (Å²) in [4.78, 5) is 18.5. The molecule has 0 unspecified atom stereocenters. The molecule has 4 rings (SSSR count). The van der Waals surface area contributed by atoms with E-state index in [1.807, 2.05) is 4.90 Å². The van der Waals surface area contributed by atoms with Gasteiger partial charge in [-0.25, -0.2) is 18.3 Å². The maximum Gasteiger partial charge on any atom is 0.256 e. The Balaban J connectivity index is 1.76. The predicted octanol–water partition coefficient (Wildman–Crippen LogP) is 2.71.